The molecular weight excluding hydrogens is 262 g/mol. The monoisotopic (exact) mass is 277 g/mol. The van der Waals surface area contributed by atoms with Gasteiger partial charge in [0, 0.05) is 6.61 Å². The number of benzene rings is 1. The summed E-state index contributed by atoms with van der Waals surface area (Å²) in [4.78, 5) is 16.2. The topological polar surface area (TPSA) is 63.2 Å². The number of ether oxygens (including phenoxy) is 1. The third kappa shape index (κ3) is 2.85. The van der Waals surface area contributed by atoms with Crippen molar-refractivity contribution in [2.24, 2.45) is 0 Å². The molecule has 0 saturated carbocycles. The summed E-state index contributed by atoms with van der Waals surface area (Å²) in [5.41, 5.74) is 2.10. The summed E-state index contributed by atoms with van der Waals surface area (Å²) >= 11 is 1.48. The molecule has 2 heterocycles. The van der Waals surface area contributed by atoms with Gasteiger partial charge in [-0.3, -0.25) is 5.32 Å². The second-order valence-corrected chi connectivity index (χ2v) is 5.68. The van der Waals surface area contributed by atoms with Gasteiger partial charge in [-0.05, 0) is 31.0 Å². The van der Waals surface area contributed by atoms with Crippen LogP contribution in [0.4, 0.5) is 9.93 Å². The Morgan fingerprint density at radius 1 is 1.53 bits per heavy atom. The van der Waals surface area contributed by atoms with Gasteiger partial charge in [0.15, 0.2) is 5.13 Å². The van der Waals surface area contributed by atoms with E-state index in [-0.39, 0.29) is 12.1 Å². The van der Waals surface area contributed by atoms with Crippen LogP contribution >= 0.6 is 11.3 Å². The average Bonchev–Trinajstić information content (AvgIpc) is 2.97. The van der Waals surface area contributed by atoms with Gasteiger partial charge in [-0.2, -0.15) is 0 Å². The molecule has 2 aromatic rings. The second-order valence-electron chi connectivity index (χ2n) is 4.65. The molecule has 0 radical (unpaired) electrons. The Balaban J connectivity index is 1.68. The Morgan fingerprint density at radius 3 is 3.21 bits per heavy atom. The Labute approximate surface area is 115 Å². The Bertz CT molecular complexity index is 605. The zero-order valence-electron chi connectivity index (χ0n) is 10.6. The van der Waals surface area contributed by atoms with Crippen LogP contribution in [-0.4, -0.2) is 30.3 Å². The molecule has 0 aliphatic carbocycles. The molecule has 1 atom stereocenters. The van der Waals surface area contributed by atoms with E-state index in [0.29, 0.717) is 18.3 Å². The summed E-state index contributed by atoms with van der Waals surface area (Å²) in [6, 6.07) is 5.94. The molecule has 1 fully saturated rings. The van der Waals surface area contributed by atoms with Gasteiger partial charge in [-0.1, -0.05) is 17.4 Å². The van der Waals surface area contributed by atoms with E-state index < -0.39 is 0 Å². The number of carbonyl (C=O) groups excluding carboxylic acids is 1. The van der Waals surface area contributed by atoms with Crippen molar-refractivity contribution in [1.82, 2.24) is 10.3 Å². The van der Waals surface area contributed by atoms with E-state index in [4.69, 9.17) is 4.74 Å². The number of nitrogens with zero attached hydrogens (tertiary/aromatic N) is 1. The number of hydrogen-bond donors (Lipinski definition) is 2. The average molecular weight is 277 g/mol. The van der Waals surface area contributed by atoms with Crippen LogP contribution in [0, 0.1) is 6.92 Å². The first kappa shape index (κ1) is 12.4. The predicted octanol–water partition coefficient (Wildman–Crippen LogP) is 2.52. The molecule has 19 heavy (non-hydrogen) atoms. The van der Waals surface area contributed by atoms with Gasteiger partial charge < -0.3 is 10.1 Å². The SMILES string of the molecule is Cc1ccc2nc(NC(=O)NC3CCOC3)sc2c1. The van der Waals surface area contributed by atoms with Crippen molar-refractivity contribution in [2.45, 2.75) is 19.4 Å². The van der Waals surface area contributed by atoms with Gasteiger partial charge in [-0.25, -0.2) is 9.78 Å². The van der Waals surface area contributed by atoms with Crippen molar-refractivity contribution >= 4 is 32.7 Å². The molecule has 100 valence electrons. The van der Waals surface area contributed by atoms with Gasteiger partial charge in [0.05, 0.1) is 22.9 Å². The third-order valence-corrected chi connectivity index (χ3v) is 3.96. The van der Waals surface area contributed by atoms with Crippen molar-refractivity contribution in [3.8, 4) is 0 Å². The summed E-state index contributed by atoms with van der Waals surface area (Å²) in [5.74, 6) is 0. The maximum absolute atomic E-state index is 11.8. The minimum Gasteiger partial charge on any atom is -0.379 e. The molecule has 1 aromatic carbocycles. The molecule has 1 aromatic heterocycles. The summed E-state index contributed by atoms with van der Waals surface area (Å²) in [7, 11) is 0. The largest absolute Gasteiger partial charge is 0.379 e. The highest BCUT2D eigenvalue weighted by Crippen LogP contribution is 2.26. The van der Waals surface area contributed by atoms with Crippen LogP contribution in [0.2, 0.25) is 0 Å². The fraction of sp³-hybridized carbons (Fsp3) is 0.385. The lowest BCUT2D eigenvalue weighted by Gasteiger charge is -2.09. The van der Waals surface area contributed by atoms with Crippen LogP contribution in [0.3, 0.4) is 0 Å². The van der Waals surface area contributed by atoms with Crippen molar-refractivity contribution in [1.29, 1.82) is 0 Å². The zero-order valence-corrected chi connectivity index (χ0v) is 11.4. The van der Waals surface area contributed by atoms with Crippen LogP contribution < -0.4 is 10.6 Å². The predicted molar refractivity (Wildman–Crippen MR) is 75.7 cm³/mol. The number of amides is 2. The van der Waals surface area contributed by atoms with Crippen LogP contribution in [-0.2, 0) is 4.74 Å². The number of thiazole rings is 1. The van der Waals surface area contributed by atoms with Crippen molar-refractivity contribution < 1.29 is 9.53 Å². The molecule has 1 unspecified atom stereocenters. The Morgan fingerprint density at radius 2 is 2.42 bits per heavy atom. The second kappa shape index (κ2) is 5.14. The highest BCUT2D eigenvalue weighted by Gasteiger charge is 2.18. The molecule has 0 bridgehead atoms. The minimum atomic E-state index is -0.216. The fourth-order valence-corrected chi connectivity index (χ4v) is 3.01. The van der Waals surface area contributed by atoms with Crippen LogP contribution in [0.25, 0.3) is 10.2 Å². The van der Waals surface area contributed by atoms with E-state index in [1.165, 1.54) is 16.9 Å². The molecule has 1 saturated heterocycles. The molecule has 6 heteroatoms. The number of aromatic nitrogens is 1. The lowest BCUT2D eigenvalue weighted by atomic mass is 10.2. The first-order valence-corrected chi connectivity index (χ1v) is 7.05. The van der Waals surface area contributed by atoms with Crippen molar-refractivity contribution in [3.05, 3.63) is 23.8 Å². The first-order chi connectivity index (χ1) is 9.20. The number of urea groups is 1. The third-order valence-electron chi connectivity index (χ3n) is 3.03. The normalized spacial score (nSPS) is 18.7. The molecular formula is C13H15N3O2S. The standard InChI is InChI=1S/C13H15N3O2S/c1-8-2-3-10-11(6-8)19-13(15-10)16-12(17)14-9-4-5-18-7-9/h2-3,6,9H,4-5,7H2,1H3,(H2,14,15,16,17). The number of rotatable bonds is 2. The van der Waals surface area contributed by atoms with Crippen molar-refractivity contribution in [3.63, 3.8) is 0 Å². The van der Waals surface area contributed by atoms with E-state index in [2.05, 4.69) is 21.7 Å². The molecule has 1 aliphatic heterocycles. The van der Waals surface area contributed by atoms with E-state index in [0.717, 1.165) is 16.6 Å². The molecule has 1 aliphatic rings. The van der Waals surface area contributed by atoms with Gasteiger partial charge in [0.1, 0.15) is 0 Å². The Hall–Kier alpha value is -1.66. The molecule has 0 spiro atoms. The number of hydrogen-bond acceptors (Lipinski definition) is 4. The number of anilines is 1. The van der Waals surface area contributed by atoms with Crippen LogP contribution in [0.15, 0.2) is 18.2 Å². The molecule has 5 nitrogen and oxygen atoms in total. The first-order valence-electron chi connectivity index (χ1n) is 6.23. The number of nitrogens with one attached hydrogen (secondary N) is 2. The lowest BCUT2D eigenvalue weighted by molar-refractivity contribution is 0.189. The highest BCUT2D eigenvalue weighted by atomic mass is 32.1. The van der Waals surface area contributed by atoms with Gasteiger partial charge in [0.25, 0.3) is 0 Å². The van der Waals surface area contributed by atoms with Crippen molar-refractivity contribution in [2.75, 3.05) is 18.5 Å². The van der Waals surface area contributed by atoms with E-state index in [9.17, 15) is 4.79 Å². The number of carbonyl (C=O) groups is 1. The minimum absolute atomic E-state index is 0.108. The zero-order chi connectivity index (χ0) is 13.2. The van der Waals surface area contributed by atoms with E-state index in [1.807, 2.05) is 19.1 Å². The van der Waals surface area contributed by atoms with Gasteiger partial charge in [0.2, 0.25) is 0 Å². The van der Waals surface area contributed by atoms with Crippen LogP contribution in [0.5, 0.6) is 0 Å². The molecule has 3 rings (SSSR count). The lowest BCUT2D eigenvalue weighted by Crippen LogP contribution is -2.38. The quantitative estimate of drug-likeness (QED) is 0.886. The summed E-state index contributed by atoms with van der Waals surface area (Å²) in [6.45, 7) is 3.34. The number of fused-ring (bicyclic) bond motifs is 1. The van der Waals surface area contributed by atoms with E-state index in [1.54, 1.807) is 0 Å². The summed E-state index contributed by atoms with van der Waals surface area (Å²) in [6.07, 6.45) is 0.868. The maximum Gasteiger partial charge on any atom is 0.321 e. The molecule has 2 amide bonds. The Kier molecular flexibility index (Phi) is 3.35. The smallest absolute Gasteiger partial charge is 0.321 e. The molecule has 2 N–H and O–H groups in total. The maximum atomic E-state index is 11.8. The summed E-state index contributed by atoms with van der Waals surface area (Å²) < 4.78 is 6.30. The fourth-order valence-electron chi connectivity index (χ4n) is 2.05. The van der Waals surface area contributed by atoms with E-state index >= 15 is 0 Å². The van der Waals surface area contributed by atoms with Crippen LogP contribution in [0.1, 0.15) is 12.0 Å². The van der Waals surface area contributed by atoms with Gasteiger partial charge in [-0.15, -0.1) is 0 Å². The number of aryl methyl sites for hydroxylation is 1. The van der Waals surface area contributed by atoms with Gasteiger partial charge >= 0.3 is 6.03 Å². The summed E-state index contributed by atoms with van der Waals surface area (Å²) in [5, 5.41) is 6.28. The highest BCUT2D eigenvalue weighted by molar-refractivity contribution is 7.22.